The lowest BCUT2D eigenvalue weighted by Gasteiger charge is -2.09. The van der Waals surface area contributed by atoms with Gasteiger partial charge in [0.05, 0.1) is 10.9 Å². The van der Waals surface area contributed by atoms with Gasteiger partial charge in [-0.3, -0.25) is 4.79 Å². The average Bonchev–Trinajstić information content (AvgIpc) is 2.87. The molecule has 3 rings (SSSR count). The highest BCUT2D eigenvalue weighted by Crippen LogP contribution is 2.32. The van der Waals surface area contributed by atoms with Gasteiger partial charge in [-0.25, -0.2) is 4.98 Å². The number of thiophene rings is 1. The molecule has 6 nitrogen and oxygen atoms in total. The van der Waals surface area contributed by atoms with Crippen LogP contribution in [-0.2, 0) is 0 Å². The molecule has 0 fully saturated rings. The monoisotopic (exact) mass is 286 g/mol. The molecule has 2 aromatic heterocycles. The quantitative estimate of drug-likeness (QED) is 0.767. The average molecular weight is 286 g/mol. The van der Waals surface area contributed by atoms with Crippen molar-refractivity contribution in [3.05, 3.63) is 41.3 Å². The van der Waals surface area contributed by atoms with Crippen LogP contribution in [0.4, 0.5) is 5.95 Å². The minimum Gasteiger partial charge on any atom is -0.437 e. The molecule has 0 aliphatic rings. The predicted molar refractivity (Wildman–Crippen MR) is 76.9 cm³/mol. The van der Waals surface area contributed by atoms with Crippen molar-refractivity contribution in [3.63, 3.8) is 0 Å². The summed E-state index contributed by atoms with van der Waals surface area (Å²) in [5, 5.41) is 2.61. The third-order valence-corrected chi connectivity index (χ3v) is 3.47. The summed E-state index contributed by atoms with van der Waals surface area (Å²) in [7, 11) is 0. The number of para-hydroxylation sites is 1. The van der Waals surface area contributed by atoms with Crippen molar-refractivity contribution in [2.24, 2.45) is 5.73 Å². The molecule has 0 aliphatic heterocycles. The van der Waals surface area contributed by atoms with Crippen molar-refractivity contribution in [2.75, 3.05) is 5.73 Å². The van der Waals surface area contributed by atoms with Crippen LogP contribution in [0.3, 0.4) is 0 Å². The summed E-state index contributed by atoms with van der Waals surface area (Å²) in [5.41, 5.74) is 11.2. The number of carbonyl (C=O) groups is 1. The second-order valence-corrected chi connectivity index (χ2v) is 4.88. The van der Waals surface area contributed by atoms with Crippen molar-refractivity contribution in [1.29, 1.82) is 0 Å². The number of primary amides is 1. The van der Waals surface area contributed by atoms with Gasteiger partial charge in [0.15, 0.2) is 0 Å². The molecule has 2 heterocycles. The van der Waals surface area contributed by atoms with Crippen LogP contribution in [0.25, 0.3) is 10.2 Å². The van der Waals surface area contributed by atoms with Crippen LogP contribution in [0, 0.1) is 0 Å². The number of benzene rings is 1. The van der Waals surface area contributed by atoms with E-state index in [1.807, 2.05) is 11.4 Å². The van der Waals surface area contributed by atoms with Gasteiger partial charge in [0.1, 0.15) is 10.6 Å². The van der Waals surface area contributed by atoms with Gasteiger partial charge in [0.2, 0.25) is 11.8 Å². The number of nitrogens with zero attached hydrogens (tertiary/aromatic N) is 2. The van der Waals surface area contributed by atoms with E-state index in [2.05, 4.69) is 9.97 Å². The van der Waals surface area contributed by atoms with Crippen molar-refractivity contribution in [2.45, 2.75) is 0 Å². The standard InChI is InChI=1S/C13H10N4O2S/c14-10(18)7-3-1-2-4-9(7)19-11-8-5-6-20-12(8)17-13(15)16-11/h1-6H,(H2,14,18)(H2,15,16,17). The number of nitrogens with two attached hydrogens (primary N) is 2. The fourth-order valence-electron chi connectivity index (χ4n) is 1.79. The number of amides is 1. The molecule has 100 valence electrons. The number of hydrogen-bond donors (Lipinski definition) is 2. The number of hydrogen-bond acceptors (Lipinski definition) is 6. The Morgan fingerprint density at radius 1 is 1.20 bits per heavy atom. The molecule has 0 saturated heterocycles. The first-order valence-electron chi connectivity index (χ1n) is 5.72. The molecule has 0 radical (unpaired) electrons. The van der Waals surface area contributed by atoms with Gasteiger partial charge < -0.3 is 16.2 Å². The summed E-state index contributed by atoms with van der Waals surface area (Å²) >= 11 is 1.43. The molecule has 0 atom stereocenters. The van der Waals surface area contributed by atoms with E-state index >= 15 is 0 Å². The summed E-state index contributed by atoms with van der Waals surface area (Å²) in [5.74, 6) is 0.198. The van der Waals surface area contributed by atoms with Crippen molar-refractivity contribution < 1.29 is 9.53 Å². The smallest absolute Gasteiger partial charge is 0.252 e. The lowest BCUT2D eigenvalue weighted by Crippen LogP contribution is -2.12. The van der Waals surface area contributed by atoms with Crippen LogP contribution in [0.2, 0.25) is 0 Å². The van der Waals surface area contributed by atoms with E-state index in [0.717, 1.165) is 10.2 Å². The first-order chi connectivity index (χ1) is 9.65. The summed E-state index contributed by atoms with van der Waals surface area (Å²) in [6, 6.07) is 8.53. The summed E-state index contributed by atoms with van der Waals surface area (Å²) in [6.07, 6.45) is 0. The van der Waals surface area contributed by atoms with E-state index in [-0.39, 0.29) is 11.5 Å². The molecule has 20 heavy (non-hydrogen) atoms. The van der Waals surface area contributed by atoms with Gasteiger partial charge >= 0.3 is 0 Å². The molecular weight excluding hydrogens is 276 g/mol. The zero-order valence-electron chi connectivity index (χ0n) is 10.2. The Morgan fingerprint density at radius 2 is 2.00 bits per heavy atom. The second kappa shape index (κ2) is 4.78. The lowest BCUT2D eigenvalue weighted by atomic mass is 10.2. The van der Waals surface area contributed by atoms with Gasteiger partial charge in [-0.05, 0) is 23.6 Å². The van der Waals surface area contributed by atoms with Gasteiger partial charge in [0, 0.05) is 0 Å². The van der Waals surface area contributed by atoms with Gasteiger partial charge in [0.25, 0.3) is 5.91 Å². The Hall–Kier alpha value is -2.67. The summed E-state index contributed by atoms with van der Waals surface area (Å²) in [4.78, 5) is 20.3. The first-order valence-corrected chi connectivity index (χ1v) is 6.60. The Kier molecular flexibility index (Phi) is 2.96. The van der Waals surface area contributed by atoms with E-state index in [4.69, 9.17) is 16.2 Å². The Bertz CT molecular complexity index is 800. The number of fused-ring (bicyclic) bond motifs is 1. The van der Waals surface area contributed by atoms with Gasteiger partial charge in [-0.2, -0.15) is 4.98 Å². The van der Waals surface area contributed by atoms with E-state index in [1.54, 1.807) is 24.3 Å². The number of rotatable bonds is 3. The maximum atomic E-state index is 11.4. The fourth-order valence-corrected chi connectivity index (χ4v) is 2.55. The highest BCUT2D eigenvalue weighted by atomic mass is 32.1. The number of ether oxygens (including phenoxy) is 1. The number of carbonyl (C=O) groups excluding carboxylic acids is 1. The van der Waals surface area contributed by atoms with Crippen LogP contribution in [0.5, 0.6) is 11.6 Å². The largest absolute Gasteiger partial charge is 0.437 e. The van der Waals surface area contributed by atoms with E-state index in [9.17, 15) is 4.79 Å². The minimum absolute atomic E-state index is 0.117. The maximum Gasteiger partial charge on any atom is 0.252 e. The predicted octanol–water partition coefficient (Wildman–Crippen LogP) is 2.16. The minimum atomic E-state index is -0.566. The van der Waals surface area contributed by atoms with Crippen LogP contribution >= 0.6 is 11.3 Å². The van der Waals surface area contributed by atoms with E-state index in [0.29, 0.717) is 11.6 Å². The van der Waals surface area contributed by atoms with Crippen molar-refractivity contribution in [1.82, 2.24) is 9.97 Å². The van der Waals surface area contributed by atoms with Crippen LogP contribution in [-0.4, -0.2) is 15.9 Å². The molecule has 4 N–H and O–H groups in total. The molecule has 0 aliphatic carbocycles. The highest BCUT2D eigenvalue weighted by Gasteiger charge is 2.13. The molecule has 0 spiro atoms. The van der Waals surface area contributed by atoms with E-state index < -0.39 is 5.91 Å². The van der Waals surface area contributed by atoms with Crippen LogP contribution < -0.4 is 16.2 Å². The molecule has 7 heteroatoms. The normalized spacial score (nSPS) is 10.6. The van der Waals surface area contributed by atoms with Crippen molar-refractivity contribution in [3.8, 4) is 11.6 Å². The van der Waals surface area contributed by atoms with E-state index in [1.165, 1.54) is 11.3 Å². The lowest BCUT2D eigenvalue weighted by molar-refractivity contribution is 0.0998. The van der Waals surface area contributed by atoms with Crippen LogP contribution in [0.15, 0.2) is 35.7 Å². The zero-order valence-corrected chi connectivity index (χ0v) is 11.1. The molecule has 3 aromatic rings. The molecule has 1 aromatic carbocycles. The highest BCUT2D eigenvalue weighted by molar-refractivity contribution is 7.16. The molecular formula is C13H10N4O2S. The molecule has 1 amide bonds. The zero-order chi connectivity index (χ0) is 14.1. The van der Waals surface area contributed by atoms with Crippen LogP contribution in [0.1, 0.15) is 10.4 Å². The summed E-state index contributed by atoms with van der Waals surface area (Å²) in [6.45, 7) is 0. The molecule has 0 bridgehead atoms. The third-order valence-electron chi connectivity index (χ3n) is 2.67. The maximum absolute atomic E-state index is 11.4. The number of aromatic nitrogens is 2. The third kappa shape index (κ3) is 2.14. The van der Waals surface area contributed by atoms with Gasteiger partial charge in [-0.1, -0.05) is 12.1 Å². The topological polar surface area (TPSA) is 104 Å². The van der Waals surface area contributed by atoms with Gasteiger partial charge in [-0.15, -0.1) is 11.3 Å². The SMILES string of the molecule is NC(=O)c1ccccc1Oc1nc(N)nc2sccc12. The Balaban J connectivity index is 2.10. The number of nitrogen functional groups attached to an aromatic ring is 1. The number of anilines is 1. The first kappa shape index (κ1) is 12.4. The summed E-state index contributed by atoms with van der Waals surface area (Å²) < 4.78 is 5.70. The fraction of sp³-hybridized carbons (Fsp3) is 0. The Morgan fingerprint density at radius 3 is 2.80 bits per heavy atom. The molecule has 0 saturated carbocycles. The van der Waals surface area contributed by atoms with Crippen molar-refractivity contribution >= 4 is 33.4 Å². The second-order valence-electron chi connectivity index (χ2n) is 3.99. The Labute approximate surface area is 118 Å². The molecule has 0 unspecified atom stereocenters.